The van der Waals surface area contributed by atoms with Crippen LogP contribution in [0.2, 0.25) is 0 Å². The largest absolute Gasteiger partial charge is 0.481 e. The number of hydrogen-bond donors (Lipinski definition) is 1. The molecule has 1 aliphatic heterocycles. The van der Waals surface area contributed by atoms with Crippen LogP contribution >= 0.6 is 11.3 Å². The van der Waals surface area contributed by atoms with E-state index in [2.05, 4.69) is 20.2 Å². The van der Waals surface area contributed by atoms with Crippen molar-refractivity contribution in [2.75, 3.05) is 18.0 Å². The van der Waals surface area contributed by atoms with Crippen molar-refractivity contribution in [1.29, 1.82) is 0 Å². The molecular weight excluding hydrogens is 274 g/mol. The zero-order valence-electron chi connectivity index (χ0n) is 11.6. The summed E-state index contributed by atoms with van der Waals surface area (Å²) < 4.78 is 1.06. The first-order chi connectivity index (χ1) is 9.57. The van der Waals surface area contributed by atoms with E-state index in [9.17, 15) is 9.90 Å². The summed E-state index contributed by atoms with van der Waals surface area (Å²) in [6, 6.07) is 0. The summed E-state index contributed by atoms with van der Waals surface area (Å²) in [7, 11) is 0. The predicted molar refractivity (Wildman–Crippen MR) is 79.3 cm³/mol. The first-order valence-electron chi connectivity index (χ1n) is 6.74. The number of rotatable bonds is 3. The van der Waals surface area contributed by atoms with Crippen molar-refractivity contribution in [3.63, 3.8) is 0 Å². The molecule has 5 nitrogen and oxygen atoms in total. The Labute approximate surface area is 121 Å². The summed E-state index contributed by atoms with van der Waals surface area (Å²) in [5.74, 6) is 0.180. The van der Waals surface area contributed by atoms with Crippen molar-refractivity contribution in [2.45, 2.75) is 26.7 Å². The van der Waals surface area contributed by atoms with Gasteiger partial charge in [0.1, 0.15) is 12.1 Å². The molecule has 0 aromatic carbocycles. The van der Waals surface area contributed by atoms with E-state index < -0.39 is 11.4 Å². The normalized spacial score (nSPS) is 22.6. The Kier molecular flexibility index (Phi) is 3.12. The van der Waals surface area contributed by atoms with Crippen molar-refractivity contribution in [2.24, 2.45) is 5.41 Å². The van der Waals surface area contributed by atoms with Gasteiger partial charge >= 0.3 is 5.97 Å². The van der Waals surface area contributed by atoms with Crippen molar-refractivity contribution in [3.05, 3.63) is 17.3 Å². The van der Waals surface area contributed by atoms with E-state index in [-0.39, 0.29) is 0 Å². The van der Waals surface area contributed by atoms with Gasteiger partial charge in [0, 0.05) is 13.1 Å². The molecule has 6 heteroatoms. The molecule has 2 aromatic heterocycles. The number of aliphatic carboxylic acids is 1. The molecule has 0 aliphatic carbocycles. The van der Waals surface area contributed by atoms with Crippen molar-refractivity contribution < 1.29 is 9.90 Å². The first kappa shape index (κ1) is 13.3. The predicted octanol–water partition coefficient (Wildman–Crippen LogP) is 2.69. The number of carboxylic acid groups (broad SMARTS) is 1. The maximum atomic E-state index is 11.5. The minimum absolute atomic E-state index is 0.530. The maximum absolute atomic E-state index is 11.5. The lowest BCUT2D eigenvalue weighted by molar-refractivity contribution is -0.147. The third-order valence-electron chi connectivity index (χ3n) is 4.30. The van der Waals surface area contributed by atoms with E-state index in [1.807, 2.05) is 13.8 Å². The van der Waals surface area contributed by atoms with Gasteiger partial charge in [0.15, 0.2) is 0 Å². The Morgan fingerprint density at radius 2 is 2.35 bits per heavy atom. The van der Waals surface area contributed by atoms with Crippen molar-refractivity contribution >= 4 is 33.3 Å². The van der Waals surface area contributed by atoms with E-state index in [4.69, 9.17) is 0 Å². The third kappa shape index (κ3) is 1.86. The van der Waals surface area contributed by atoms with Crippen LogP contribution in [0.3, 0.4) is 0 Å². The molecule has 0 saturated carbocycles. The fourth-order valence-corrected chi connectivity index (χ4v) is 3.87. The molecule has 1 unspecified atom stereocenters. The summed E-state index contributed by atoms with van der Waals surface area (Å²) in [5, 5.41) is 11.6. The standard InChI is InChI=1S/C14H17N3O2S/c1-3-14(13(18)19)4-5-17(7-14)12-11-10(15-8-16-12)9(2)6-20-11/h6,8H,3-5,7H2,1-2H3,(H,18,19). The van der Waals surface area contributed by atoms with Crippen LogP contribution in [-0.4, -0.2) is 34.1 Å². The highest BCUT2D eigenvalue weighted by atomic mass is 32.1. The zero-order chi connectivity index (χ0) is 14.3. The highest BCUT2D eigenvalue weighted by molar-refractivity contribution is 7.18. The Morgan fingerprint density at radius 3 is 3.00 bits per heavy atom. The second kappa shape index (κ2) is 4.70. The molecule has 106 valence electrons. The van der Waals surface area contributed by atoms with Crippen LogP contribution in [0.5, 0.6) is 0 Å². The van der Waals surface area contributed by atoms with Gasteiger partial charge in [-0.2, -0.15) is 0 Å². The van der Waals surface area contributed by atoms with E-state index in [0.29, 0.717) is 19.4 Å². The molecule has 3 heterocycles. The van der Waals surface area contributed by atoms with Crippen molar-refractivity contribution in [1.82, 2.24) is 9.97 Å². The van der Waals surface area contributed by atoms with Gasteiger partial charge in [-0.05, 0) is 30.7 Å². The fourth-order valence-electron chi connectivity index (χ4n) is 2.85. The third-order valence-corrected chi connectivity index (χ3v) is 5.38. The van der Waals surface area contributed by atoms with Gasteiger partial charge in [0.2, 0.25) is 0 Å². The summed E-state index contributed by atoms with van der Waals surface area (Å²) in [5.41, 5.74) is 1.49. The van der Waals surface area contributed by atoms with Gasteiger partial charge in [-0.15, -0.1) is 11.3 Å². The molecule has 1 atom stereocenters. The van der Waals surface area contributed by atoms with E-state index in [0.717, 1.165) is 28.1 Å². The average Bonchev–Trinajstić information content (AvgIpc) is 3.04. The Hall–Kier alpha value is -1.69. The van der Waals surface area contributed by atoms with Crippen LogP contribution in [0.15, 0.2) is 11.7 Å². The molecule has 0 spiro atoms. The molecule has 1 fully saturated rings. The maximum Gasteiger partial charge on any atom is 0.311 e. The number of hydrogen-bond acceptors (Lipinski definition) is 5. The van der Waals surface area contributed by atoms with E-state index in [1.165, 1.54) is 0 Å². The number of aromatic nitrogens is 2. The van der Waals surface area contributed by atoms with E-state index >= 15 is 0 Å². The molecule has 0 bridgehead atoms. The number of aryl methyl sites for hydroxylation is 1. The Balaban J connectivity index is 1.99. The molecule has 1 saturated heterocycles. The smallest absolute Gasteiger partial charge is 0.311 e. The number of thiophene rings is 1. The van der Waals surface area contributed by atoms with Crippen LogP contribution in [-0.2, 0) is 4.79 Å². The molecule has 2 aromatic rings. The molecule has 3 rings (SSSR count). The fraction of sp³-hybridized carbons (Fsp3) is 0.500. The summed E-state index contributed by atoms with van der Waals surface area (Å²) in [6.45, 7) is 5.25. The summed E-state index contributed by atoms with van der Waals surface area (Å²) in [4.78, 5) is 22.4. The number of fused-ring (bicyclic) bond motifs is 1. The van der Waals surface area contributed by atoms with Crippen LogP contribution in [0.25, 0.3) is 10.2 Å². The highest BCUT2D eigenvalue weighted by Crippen LogP contribution is 2.39. The minimum Gasteiger partial charge on any atom is -0.481 e. The van der Waals surface area contributed by atoms with Gasteiger partial charge in [-0.25, -0.2) is 9.97 Å². The molecular formula is C14H17N3O2S. The van der Waals surface area contributed by atoms with Gasteiger partial charge in [-0.1, -0.05) is 6.92 Å². The molecule has 1 aliphatic rings. The number of carbonyl (C=O) groups is 1. The van der Waals surface area contributed by atoms with E-state index in [1.54, 1.807) is 17.7 Å². The van der Waals surface area contributed by atoms with Gasteiger partial charge in [0.05, 0.1) is 15.6 Å². The lowest BCUT2D eigenvalue weighted by Gasteiger charge is -2.23. The van der Waals surface area contributed by atoms with Gasteiger partial charge in [-0.3, -0.25) is 4.79 Å². The van der Waals surface area contributed by atoms with Crippen LogP contribution in [0.1, 0.15) is 25.3 Å². The molecule has 1 N–H and O–H groups in total. The van der Waals surface area contributed by atoms with Gasteiger partial charge in [0.25, 0.3) is 0 Å². The number of anilines is 1. The quantitative estimate of drug-likeness (QED) is 0.941. The zero-order valence-corrected chi connectivity index (χ0v) is 12.4. The summed E-state index contributed by atoms with van der Waals surface area (Å²) >= 11 is 1.63. The Bertz CT molecular complexity index is 669. The minimum atomic E-state index is -0.699. The lowest BCUT2D eigenvalue weighted by Crippen LogP contribution is -2.34. The molecule has 0 radical (unpaired) electrons. The topological polar surface area (TPSA) is 66.3 Å². The molecule has 20 heavy (non-hydrogen) atoms. The monoisotopic (exact) mass is 291 g/mol. The average molecular weight is 291 g/mol. The lowest BCUT2D eigenvalue weighted by atomic mass is 9.84. The second-order valence-electron chi connectivity index (χ2n) is 5.40. The highest BCUT2D eigenvalue weighted by Gasteiger charge is 2.44. The first-order valence-corrected chi connectivity index (χ1v) is 7.62. The van der Waals surface area contributed by atoms with Crippen LogP contribution in [0.4, 0.5) is 5.82 Å². The number of nitrogens with zero attached hydrogens (tertiary/aromatic N) is 3. The van der Waals surface area contributed by atoms with Crippen molar-refractivity contribution in [3.8, 4) is 0 Å². The SMILES string of the molecule is CCC1(C(=O)O)CCN(c2ncnc3c(C)csc23)C1. The second-order valence-corrected chi connectivity index (χ2v) is 6.28. The molecule has 0 amide bonds. The Morgan fingerprint density at radius 1 is 1.55 bits per heavy atom. The van der Waals surface area contributed by atoms with Crippen LogP contribution < -0.4 is 4.90 Å². The summed E-state index contributed by atoms with van der Waals surface area (Å²) in [6.07, 6.45) is 2.90. The number of carboxylic acids is 1. The van der Waals surface area contributed by atoms with Gasteiger partial charge < -0.3 is 10.0 Å². The van der Waals surface area contributed by atoms with Crippen LogP contribution in [0, 0.1) is 12.3 Å².